The fourth-order valence-corrected chi connectivity index (χ4v) is 9.03. The Labute approximate surface area is 210 Å². The van der Waals surface area contributed by atoms with Crippen LogP contribution in [0.2, 0.25) is 0 Å². The van der Waals surface area contributed by atoms with Gasteiger partial charge in [-0.3, -0.25) is 4.79 Å². The van der Waals surface area contributed by atoms with Crippen LogP contribution in [0.5, 0.6) is 0 Å². The van der Waals surface area contributed by atoms with Gasteiger partial charge < -0.3 is 14.4 Å². The van der Waals surface area contributed by atoms with Crippen molar-refractivity contribution in [3.05, 3.63) is 35.9 Å². The lowest BCUT2D eigenvalue weighted by molar-refractivity contribution is -0.169. The van der Waals surface area contributed by atoms with Gasteiger partial charge in [0.15, 0.2) is 0 Å². The molecule has 1 aliphatic heterocycles. The van der Waals surface area contributed by atoms with Gasteiger partial charge in [0.05, 0.1) is 12.7 Å². The molecule has 3 saturated carbocycles. The van der Waals surface area contributed by atoms with Gasteiger partial charge in [-0.05, 0) is 93.4 Å². The summed E-state index contributed by atoms with van der Waals surface area (Å²) in [5.41, 5.74) is 1.74. The number of rotatable bonds is 7. The lowest BCUT2D eigenvalue weighted by atomic mass is 9.46. The van der Waals surface area contributed by atoms with Crippen molar-refractivity contribution in [2.75, 3.05) is 20.3 Å². The summed E-state index contributed by atoms with van der Waals surface area (Å²) in [6, 6.07) is 11.2. The maximum absolute atomic E-state index is 12.5. The van der Waals surface area contributed by atoms with E-state index in [4.69, 9.17) is 9.47 Å². The molecule has 1 amide bonds. The second-order valence-electron chi connectivity index (χ2n) is 11.9. The van der Waals surface area contributed by atoms with Crippen molar-refractivity contribution in [2.45, 2.75) is 90.2 Å². The standard InChI is InChI=1S/C30H43NO4/c1-4-34-28(33)20-35-26-13-11-24-22-10-12-25-29(2,17-16-27(32)31(25)3)23(22)15-19-30(24,26)18-14-21-8-6-5-7-9-21/h5-9,22-26H,4,10-20H2,1-3H3/t22-,23+,24+,25-,26-,29-,30+/m1/s1. The van der Waals surface area contributed by atoms with E-state index in [1.165, 1.54) is 31.2 Å². The molecule has 4 fully saturated rings. The Hall–Kier alpha value is -1.88. The molecule has 4 aliphatic rings. The van der Waals surface area contributed by atoms with Gasteiger partial charge in [0.25, 0.3) is 0 Å². The van der Waals surface area contributed by atoms with Gasteiger partial charge in [-0.2, -0.15) is 0 Å². The summed E-state index contributed by atoms with van der Waals surface area (Å²) in [6.07, 6.45) is 11.0. The first-order valence-electron chi connectivity index (χ1n) is 14.0. The molecular formula is C30H43NO4. The molecule has 0 N–H and O–H groups in total. The number of piperidine rings is 1. The zero-order chi connectivity index (χ0) is 24.6. The van der Waals surface area contributed by atoms with E-state index in [9.17, 15) is 9.59 Å². The molecule has 3 aliphatic carbocycles. The number of hydrogen-bond acceptors (Lipinski definition) is 4. The van der Waals surface area contributed by atoms with Gasteiger partial charge in [-0.25, -0.2) is 4.79 Å². The van der Waals surface area contributed by atoms with Crippen molar-refractivity contribution in [3.63, 3.8) is 0 Å². The average molecular weight is 482 g/mol. The second-order valence-corrected chi connectivity index (χ2v) is 11.9. The summed E-state index contributed by atoms with van der Waals surface area (Å²) in [5.74, 6) is 2.09. The maximum atomic E-state index is 12.5. The summed E-state index contributed by atoms with van der Waals surface area (Å²) in [5, 5.41) is 0. The summed E-state index contributed by atoms with van der Waals surface area (Å²) in [7, 11) is 2.03. The molecule has 0 radical (unpaired) electrons. The Morgan fingerprint density at radius 2 is 1.86 bits per heavy atom. The minimum Gasteiger partial charge on any atom is -0.464 e. The number of likely N-dealkylation sites (tertiary alicyclic amines) is 1. The average Bonchev–Trinajstić information content (AvgIpc) is 3.24. The highest BCUT2D eigenvalue weighted by Gasteiger charge is 2.62. The lowest BCUT2D eigenvalue weighted by Gasteiger charge is -2.62. The van der Waals surface area contributed by atoms with Gasteiger partial charge in [0.1, 0.15) is 6.61 Å². The van der Waals surface area contributed by atoms with Crippen LogP contribution < -0.4 is 0 Å². The second kappa shape index (κ2) is 9.88. The Balaban J connectivity index is 1.39. The highest BCUT2D eigenvalue weighted by molar-refractivity contribution is 5.77. The molecule has 35 heavy (non-hydrogen) atoms. The van der Waals surface area contributed by atoms with Crippen molar-refractivity contribution in [1.29, 1.82) is 0 Å². The first-order valence-corrected chi connectivity index (χ1v) is 14.0. The molecule has 0 bridgehead atoms. The molecule has 5 nitrogen and oxygen atoms in total. The summed E-state index contributed by atoms with van der Waals surface area (Å²) < 4.78 is 11.6. The summed E-state index contributed by atoms with van der Waals surface area (Å²) in [4.78, 5) is 26.7. The van der Waals surface area contributed by atoms with Crippen LogP contribution in [0.15, 0.2) is 30.3 Å². The smallest absolute Gasteiger partial charge is 0.332 e. The third kappa shape index (κ3) is 4.32. The molecule has 7 atom stereocenters. The van der Waals surface area contributed by atoms with Crippen LogP contribution in [0.3, 0.4) is 0 Å². The van der Waals surface area contributed by atoms with Crippen molar-refractivity contribution in [2.24, 2.45) is 28.6 Å². The molecule has 5 heteroatoms. The van der Waals surface area contributed by atoms with Crippen LogP contribution in [0.1, 0.15) is 77.2 Å². The van der Waals surface area contributed by atoms with Crippen molar-refractivity contribution in [1.82, 2.24) is 4.90 Å². The van der Waals surface area contributed by atoms with Gasteiger partial charge >= 0.3 is 5.97 Å². The number of benzene rings is 1. The zero-order valence-corrected chi connectivity index (χ0v) is 21.8. The van der Waals surface area contributed by atoms with E-state index in [0.717, 1.165) is 32.1 Å². The summed E-state index contributed by atoms with van der Waals surface area (Å²) in [6.45, 7) is 4.80. The molecule has 0 spiro atoms. The van der Waals surface area contributed by atoms with Crippen molar-refractivity contribution < 1.29 is 19.1 Å². The minimum atomic E-state index is -0.245. The predicted octanol–water partition coefficient (Wildman–Crippen LogP) is 5.41. The Bertz CT molecular complexity index is 918. The van der Waals surface area contributed by atoms with Crippen molar-refractivity contribution >= 4 is 11.9 Å². The molecule has 1 saturated heterocycles. The van der Waals surface area contributed by atoms with Gasteiger partial charge in [0, 0.05) is 24.9 Å². The predicted molar refractivity (Wildman–Crippen MR) is 136 cm³/mol. The Morgan fingerprint density at radius 1 is 1.06 bits per heavy atom. The van der Waals surface area contributed by atoms with E-state index >= 15 is 0 Å². The van der Waals surface area contributed by atoms with E-state index in [1.54, 1.807) is 0 Å². The summed E-state index contributed by atoms with van der Waals surface area (Å²) >= 11 is 0. The molecule has 0 unspecified atom stereocenters. The molecule has 1 aromatic rings. The van der Waals surface area contributed by atoms with Crippen LogP contribution in [-0.4, -0.2) is 49.2 Å². The van der Waals surface area contributed by atoms with Gasteiger partial charge in [-0.15, -0.1) is 0 Å². The zero-order valence-electron chi connectivity index (χ0n) is 21.8. The monoisotopic (exact) mass is 481 g/mol. The molecule has 1 heterocycles. The first kappa shape index (κ1) is 24.8. The number of ether oxygens (including phenoxy) is 2. The highest BCUT2D eigenvalue weighted by Crippen LogP contribution is 2.66. The van der Waals surface area contributed by atoms with Crippen LogP contribution in [0, 0.1) is 28.6 Å². The quantitative estimate of drug-likeness (QED) is 0.489. The van der Waals surface area contributed by atoms with Crippen molar-refractivity contribution in [3.8, 4) is 0 Å². The number of carbonyl (C=O) groups excluding carboxylic acids is 2. The molecule has 192 valence electrons. The molecule has 0 aromatic heterocycles. The van der Waals surface area contributed by atoms with Crippen LogP contribution in [0.4, 0.5) is 0 Å². The molecule has 5 rings (SSSR count). The third-order valence-electron chi connectivity index (χ3n) is 10.6. The fourth-order valence-electron chi connectivity index (χ4n) is 9.03. The maximum Gasteiger partial charge on any atom is 0.332 e. The Morgan fingerprint density at radius 3 is 2.63 bits per heavy atom. The highest BCUT2D eigenvalue weighted by atomic mass is 16.6. The molecule has 1 aromatic carbocycles. The molecular weight excluding hydrogens is 438 g/mol. The number of aryl methyl sites for hydroxylation is 1. The normalized spacial score (nSPS) is 38.4. The van der Waals surface area contributed by atoms with Crippen LogP contribution in [0.25, 0.3) is 0 Å². The number of fused-ring (bicyclic) bond motifs is 5. The van der Waals surface area contributed by atoms with Gasteiger partial charge in [-0.1, -0.05) is 37.3 Å². The number of nitrogens with zero attached hydrogens (tertiary/aromatic N) is 1. The van der Waals surface area contributed by atoms with E-state index < -0.39 is 0 Å². The minimum absolute atomic E-state index is 0.0686. The van der Waals surface area contributed by atoms with E-state index in [-0.39, 0.29) is 29.5 Å². The van der Waals surface area contributed by atoms with E-state index in [0.29, 0.717) is 42.7 Å². The SMILES string of the molecule is CCOC(=O)CO[C@@H]1CC[C@H]2[C@@H]3CC[C@H]4N(C)C(=O)CC[C@]4(C)[C@H]3CC[C@]12CCc1ccccc1. The largest absolute Gasteiger partial charge is 0.464 e. The Kier molecular flexibility index (Phi) is 7.00. The number of esters is 1. The number of amides is 1. The third-order valence-corrected chi connectivity index (χ3v) is 10.6. The van der Waals surface area contributed by atoms with Crippen LogP contribution >= 0.6 is 0 Å². The number of hydrogen-bond donors (Lipinski definition) is 0. The van der Waals surface area contributed by atoms with E-state index in [1.807, 2.05) is 14.0 Å². The fraction of sp³-hybridized carbons (Fsp3) is 0.733. The number of carbonyl (C=O) groups is 2. The van der Waals surface area contributed by atoms with Gasteiger partial charge in [0.2, 0.25) is 5.91 Å². The topological polar surface area (TPSA) is 55.8 Å². The van der Waals surface area contributed by atoms with Crippen LogP contribution in [-0.2, 0) is 25.5 Å². The lowest BCUT2D eigenvalue weighted by Crippen LogP contribution is -2.61. The van der Waals surface area contributed by atoms with E-state index in [2.05, 4.69) is 42.2 Å². The first-order chi connectivity index (χ1) is 16.9.